The van der Waals surface area contributed by atoms with Gasteiger partial charge in [0.2, 0.25) is 17.7 Å². The van der Waals surface area contributed by atoms with Gasteiger partial charge in [-0.15, -0.1) is 0 Å². The Balaban J connectivity index is 1.83. The van der Waals surface area contributed by atoms with E-state index in [-0.39, 0.29) is 48.0 Å². The monoisotopic (exact) mass is 421 g/mol. The molecule has 5 atom stereocenters. The number of carbonyl (C=O) groups excluding carboxylic acids is 3. The summed E-state index contributed by atoms with van der Waals surface area (Å²) >= 11 is 0. The zero-order chi connectivity index (χ0) is 21.7. The van der Waals surface area contributed by atoms with Gasteiger partial charge in [0, 0.05) is 18.4 Å². The van der Waals surface area contributed by atoms with Crippen LogP contribution >= 0.6 is 0 Å². The van der Waals surface area contributed by atoms with E-state index >= 15 is 0 Å². The molecule has 1 unspecified atom stereocenters. The highest BCUT2D eigenvalue weighted by molar-refractivity contribution is 5.89. The van der Waals surface area contributed by atoms with Crippen molar-refractivity contribution in [2.45, 2.75) is 83.7 Å². The molecule has 0 aromatic rings. The van der Waals surface area contributed by atoms with Gasteiger partial charge in [-0.2, -0.15) is 0 Å². The first-order valence-electron chi connectivity index (χ1n) is 11.9. The fraction of sp³-hybridized carbons (Fsp3) is 0.870. The van der Waals surface area contributed by atoms with Crippen LogP contribution in [-0.2, 0) is 14.4 Å². The number of fused-ring (bicyclic) bond motifs is 1. The number of amides is 3. The first kappa shape index (κ1) is 23.0. The van der Waals surface area contributed by atoms with Gasteiger partial charge in [0.05, 0.1) is 12.6 Å². The highest BCUT2D eigenvalue weighted by Gasteiger charge is 2.38. The molecular formula is C23H39N3O4. The van der Waals surface area contributed by atoms with Gasteiger partial charge >= 0.3 is 0 Å². The van der Waals surface area contributed by atoms with Gasteiger partial charge in [0.25, 0.3) is 0 Å². The zero-order valence-electron chi connectivity index (χ0n) is 18.5. The van der Waals surface area contributed by atoms with Crippen LogP contribution in [0.4, 0.5) is 0 Å². The summed E-state index contributed by atoms with van der Waals surface area (Å²) in [5.74, 6) is 0.343. The number of nitrogens with one attached hydrogen (secondary N) is 3. The molecule has 1 saturated carbocycles. The van der Waals surface area contributed by atoms with Crippen molar-refractivity contribution >= 4 is 17.7 Å². The molecule has 0 spiro atoms. The standard InChI is InChI=1S/C23H39N3O4/c1-14(2)10-20-23(30)25-17(13-27)11-19-16(12-24-21(19)28)8-5-9-18(22(29)26-20)15-6-3-4-7-15/h14-20,27H,3-13H2,1-2H3,(H,24,28)(H,25,30)(H,26,29)/t16-,17-,18+,19-,20?/m0/s1. The summed E-state index contributed by atoms with van der Waals surface area (Å²) < 4.78 is 0. The molecule has 3 rings (SSSR count). The third-order valence-corrected chi connectivity index (χ3v) is 7.29. The minimum absolute atomic E-state index is 0.000307. The Morgan fingerprint density at radius 1 is 0.867 bits per heavy atom. The lowest BCUT2D eigenvalue weighted by Crippen LogP contribution is -2.53. The predicted molar refractivity (Wildman–Crippen MR) is 114 cm³/mol. The molecule has 2 saturated heterocycles. The summed E-state index contributed by atoms with van der Waals surface area (Å²) in [5, 5.41) is 18.8. The topological polar surface area (TPSA) is 108 Å². The molecule has 7 nitrogen and oxygen atoms in total. The molecule has 170 valence electrons. The van der Waals surface area contributed by atoms with Gasteiger partial charge in [0.15, 0.2) is 0 Å². The maximum atomic E-state index is 13.3. The largest absolute Gasteiger partial charge is 0.394 e. The molecule has 2 heterocycles. The second kappa shape index (κ2) is 10.6. The van der Waals surface area contributed by atoms with Crippen LogP contribution in [0.25, 0.3) is 0 Å². The number of rotatable bonds is 4. The number of aliphatic hydroxyl groups excluding tert-OH is 1. The smallest absolute Gasteiger partial charge is 0.242 e. The summed E-state index contributed by atoms with van der Waals surface area (Å²) in [4.78, 5) is 38.7. The van der Waals surface area contributed by atoms with E-state index < -0.39 is 12.1 Å². The maximum absolute atomic E-state index is 13.3. The highest BCUT2D eigenvalue weighted by atomic mass is 16.3. The van der Waals surface area contributed by atoms with E-state index in [0.717, 1.165) is 32.1 Å². The van der Waals surface area contributed by atoms with E-state index in [1.165, 1.54) is 12.8 Å². The molecule has 7 heteroatoms. The Morgan fingerprint density at radius 2 is 1.57 bits per heavy atom. The van der Waals surface area contributed by atoms with Gasteiger partial charge in [-0.05, 0) is 56.3 Å². The maximum Gasteiger partial charge on any atom is 0.242 e. The van der Waals surface area contributed by atoms with Gasteiger partial charge in [0.1, 0.15) is 6.04 Å². The third-order valence-electron chi connectivity index (χ3n) is 7.29. The number of hydrogen-bond donors (Lipinski definition) is 4. The SMILES string of the molecule is CC(C)CC1NC(=O)[C@@H](C2CCCC2)CCC[C@H]2CNC(=O)[C@H]2C[C@@H](CO)NC1=O. The fourth-order valence-electron chi connectivity index (χ4n) is 5.63. The van der Waals surface area contributed by atoms with Crippen LogP contribution < -0.4 is 16.0 Å². The van der Waals surface area contributed by atoms with Crippen LogP contribution in [0, 0.1) is 29.6 Å². The molecule has 0 radical (unpaired) electrons. The number of carbonyl (C=O) groups is 3. The molecule has 3 fully saturated rings. The first-order chi connectivity index (χ1) is 14.4. The van der Waals surface area contributed by atoms with Crippen molar-refractivity contribution < 1.29 is 19.5 Å². The summed E-state index contributed by atoms with van der Waals surface area (Å²) in [7, 11) is 0. The Morgan fingerprint density at radius 3 is 2.23 bits per heavy atom. The Labute approximate surface area is 180 Å². The van der Waals surface area contributed by atoms with Crippen LogP contribution in [-0.4, -0.2) is 48.1 Å². The van der Waals surface area contributed by atoms with Crippen LogP contribution in [0.15, 0.2) is 0 Å². The van der Waals surface area contributed by atoms with E-state index in [4.69, 9.17) is 0 Å². The highest BCUT2D eigenvalue weighted by Crippen LogP contribution is 2.36. The molecule has 0 aromatic carbocycles. The van der Waals surface area contributed by atoms with E-state index in [0.29, 0.717) is 25.3 Å². The van der Waals surface area contributed by atoms with Gasteiger partial charge in [-0.25, -0.2) is 0 Å². The molecule has 0 aromatic heterocycles. The van der Waals surface area contributed by atoms with Crippen molar-refractivity contribution in [3.8, 4) is 0 Å². The number of hydrogen-bond acceptors (Lipinski definition) is 4. The Kier molecular flexibility index (Phi) is 8.14. The van der Waals surface area contributed by atoms with Crippen LogP contribution in [0.2, 0.25) is 0 Å². The van der Waals surface area contributed by atoms with Crippen LogP contribution in [0.3, 0.4) is 0 Å². The Bertz CT molecular complexity index is 618. The fourth-order valence-corrected chi connectivity index (χ4v) is 5.63. The van der Waals surface area contributed by atoms with Gasteiger partial charge < -0.3 is 21.1 Å². The molecular weight excluding hydrogens is 382 g/mol. The molecule has 1 aliphatic carbocycles. The normalized spacial score (nSPS) is 34.4. The predicted octanol–water partition coefficient (Wildman–Crippen LogP) is 1.74. The molecule has 3 aliphatic rings. The Hall–Kier alpha value is -1.63. The summed E-state index contributed by atoms with van der Waals surface area (Å²) in [6, 6.07) is -1.09. The average Bonchev–Trinajstić information content (AvgIpc) is 3.34. The minimum atomic E-state index is -0.607. The lowest BCUT2D eigenvalue weighted by Gasteiger charge is -2.27. The second-order valence-electron chi connectivity index (χ2n) is 10.0. The average molecular weight is 422 g/mol. The van der Waals surface area contributed by atoms with Crippen molar-refractivity contribution in [2.24, 2.45) is 29.6 Å². The third kappa shape index (κ3) is 5.74. The molecule has 4 N–H and O–H groups in total. The van der Waals surface area contributed by atoms with E-state index in [9.17, 15) is 19.5 Å². The van der Waals surface area contributed by atoms with Crippen molar-refractivity contribution in [2.75, 3.05) is 13.2 Å². The van der Waals surface area contributed by atoms with E-state index in [2.05, 4.69) is 16.0 Å². The van der Waals surface area contributed by atoms with Crippen molar-refractivity contribution in [1.82, 2.24) is 16.0 Å². The van der Waals surface area contributed by atoms with E-state index in [1.807, 2.05) is 13.8 Å². The van der Waals surface area contributed by atoms with Crippen molar-refractivity contribution in [1.29, 1.82) is 0 Å². The van der Waals surface area contributed by atoms with Gasteiger partial charge in [-0.1, -0.05) is 33.1 Å². The summed E-state index contributed by atoms with van der Waals surface area (Å²) in [5.41, 5.74) is 0. The summed E-state index contributed by atoms with van der Waals surface area (Å²) in [6.45, 7) is 4.50. The summed E-state index contributed by atoms with van der Waals surface area (Å²) in [6.07, 6.45) is 8.11. The second-order valence-corrected chi connectivity index (χ2v) is 10.0. The molecule has 3 amide bonds. The minimum Gasteiger partial charge on any atom is -0.394 e. The van der Waals surface area contributed by atoms with E-state index in [1.54, 1.807) is 0 Å². The van der Waals surface area contributed by atoms with Gasteiger partial charge in [-0.3, -0.25) is 14.4 Å². The lowest BCUT2D eigenvalue weighted by atomic mass is 9.82. The zero-order valence-corrected chi connectivity index (χ0v) is 18.5. The molecule has 2 aliphatic heterocycles. The van der Waals surface area contributed by atoms with Crippen LogP contribution in [0.5, 0.6) is 0 Å². The van der Waals surface area contributed by atoms with Crippen molar-refractivity contribution in [3.63, 3.8) is 0 Å². The quantitative estimate of drug-likeness (QED) is 0.554. The lowest BCUT2D eigenvalue weighted by molar-refractivity contribution is -0.133. The van der Waals surface area contributed by atoms with Crippen molar-refractivity contribution in [3.05, 3.63) is 0 Å². The first-order valence-corrected chi connectivity index (χ1v) is 11.9. The van der Waals surface area contributed by atoms with Crippen LogP contribution in [0.1, 0.15) is 71.6 Å². The molecule has 0 bridgehead atoms. The molecule has 30 heavy (non-hydrogen) atoms. The number of aliphatic hydroxyl groups is 1.